The molecule has 0 aliphatic carbocycles. The maximum absolute atomic E-state index is 13.6. The number of nitrogens with one attached hydrogen (secondary N) is 1. The number of carbonyl (C=O) groups is 2. The minimum absolute atomic E-state index is 0.0470. The van der Waals surface area contributed by atoms with Gasteiger partial charge in [-0.1, -0.05) is 13.0 Å². The second-order valence-corrected chi connectivity index (χ2v) is 9.13. The third kappa shape index (κ3) is 4.49. The number of nitro benzene ring substituents is 1. The summed E-state index contributed by atoms with van der Waals surface area (Å²) in [5, 5.41) is 17.1. The molecule has 0 bridgehead atoms. The summed E-state index contributed by atoms with van der Waals surface area (Å²) in [6, 6.07) is 12.2. The van der Waals surface area contributed by atoms with Gasteiger partial charge in [0.25, 0.3) is 11.6 Å². The first-order valence-electron chi connectivity index (χ1n) is 11.8. The fourth-order valence-electron chi connectivity index (χ4n) is 4.40. The highest BCUT2D eigenvalue weighted by Crippen LogP contribution is 2.37. The van der Waals surface area contributed by atoms with Crippen molar-refractivity contribution in [2.75, 3.05) is 11.9 Å². The van der Waals surface area contributed by atoms with Crippen molar-refractivity contribution in [2.45, 2.75) is 40.7 Å². The number of non-ortho nitro benzene ring substituents is 1. The lowest BCUT2D eigenvalue weighted by Crippen LogP contribution is -2.19. The Hall–Kier alpha value is -3.98. The first kappa shape index (κ1) is 25.1. The number of amides is 1. The Balaban J connectivity index is 1.77. The standard InChI is InChI=1S/C27H27N3O5S/c1-5-17-8-13-22-20(14-17)16(4)24(29(22)6-2)25(31)28-26-23(27(32)35-7-3)21(15-36-26)18-9-11-19(12-10-18)30(33)34/h8-15H,5-7H2,1-4H3,(H,28,31). The number of aromatic nitrogens is 1. The molecule has 9 heteroatoms. The van der Waals surface area contributed by atoms with Gasteiger partial charge < -0.3 is 14.6 Å². The van der Waals surface area contributed by atoms with Gasteiger partial charge in [0.1, 0.15) is 16.3 Å². The van der Waals surface area contributed by atoms with Crippen molar-refractivity contribution in [3.63, 3.8) is 0 Å². The van der Waals surface area contributed by atoms with E-state index in [1.54, 1.807) is 24.4 Å². The van der Waals surface area contributed by atoms with E-state index in [2.05, 4.69) is 24.4 Å². The van der Waals surface area contributed by atoms with Gasteiger partial charge in [-0.2, -0.15) is 0 Å². The quantitative estimate of drug-likeness (QED) is 0.165. The molecule has 2 heterocycles. The molecule has 4 rings (SSSR count). The second kappa shape index (κ2) is 10.3. The molecule has 8 nitrogen and oxygen atoms in total. The summed E-state index contributed by atoms with van der Waals surface area (Å²) in [6.45, 7) is 8.52. The number of carbonyl (C=O) groups excluding carboxylic acids is 2. The highest BCUT2D eigenvalue weighted by molar-refractivity contribution is 7.15. The molecule has 0 aliphatic rings. The maximum Gasteiger partial charge on any atom is 0.341 e. The van der Waals surface area contributed by atoms with Crippen LogP contribution in [0.4, 0.5) is 10.7 Å². The molecule has 0 spiro atoms. The topological polar surface area (TPSA) is 103 Å². The van der Waals surface area contributed by atoms with Gasteiger partial charge in [-0.05, 0) is 68.1 Å². The van der Waals surface area contributed by atoms with Crippen LogP contribution in [0.15, 0.2) is 47.8 Å². The fraction of sp³-hybridized carbons (Fsp3) is 0.259. The Morgan fingerprint density at radius 3 is 2.44 bits per heavy atom. The number of ether oxygens (including phenoxy) is 1. The normalized spacial score (nSPS) is 11.0. The van der Waals surface area contributed by atoms with E-state index in [4.69, 9.17) is 4.74 Å². The van der Waals surface area contributed by atoms with Crippen LogP contribution in [-0.4, -0.2) is 28.0 Å². The highest BCUT2D eigenvalue weighted by atomic mass is 32.1. The minimum atomic E-state index is -0.567. The molecule has 2 aromatic heterocycles. The maximum atomic E-state index is 13.6. The molecule has 0 radical (unpaired) electrons. The summed E-state index contributed by atoms with van der Waals surface area (Å²) in [4.78, 5) is 37.1. The third-order valence-corrected chi connectivity index (χ3v) is 7.10. The lowest BCUT2D eigenvalue weighted by molar-refractivity contribution is -0.384. The number of nitrogens with zero attached hydrogens (tertiary/aromatic N) is 2. The second-order valence-electron chi connectivity index (χ2n) is 8.26. The Labute approximate surface area is 212 Å². The van der Waals surface area contributed by atoms with E-state index in [-0.39, 0.29) is 23.8 Å². The smallest absolute Gasteiger partial charge is 0.341 e. The zero-order valence-corrected chi connectivity index (χ0v) is 21.4. The van der Waals surface area contributed by atoms with E-state index in [9.17, 15) is 19.7 Å². The number of fused-ring (bicyclic) bond motifs is 1. The van der Waals surface area contributed by atoms with Crippen molar-refractivity contribution in [2.24, 2.45) is 0 Å². The van der Waals surface area contributed by atoms with Gasteiger partial charge in [0.15, 0.2) is 0 Å². The number of thiophene rings is 1. The number of hydrogen-bond acceptors (Lipinski definition) is 6. The van der Waals surface area contributed by atoms with E-state index in [1.807, 2.05) is 24.5 Å². The SMILES string of the molecule is CCOC(=O)c1c(-c2ccc([N+](=O)[O-])cc2)csc1NC(=O)c1c(C)c2cc(CC)ccc2n1CC. The van der Waals surface area contributed by atoms with Gasteiger partial charge in [-0.25, -0.2) is 4.79 Å². The highest BCUT2D eigenvalue weighted by Gasteiger charge is 2.26. The van der Waals surface area contributed by atoms with Crippen LogP contribution in [0, 0.1) is 17.0 Å². The van der Waals surface area contributed by atoms with Gasteiger partial charge in [0.2, 0.25) is 0 Å². The number of hydrogen-bond donors (Lipinski definition) is 1. The van der Waals surface area contributed by atoms with Crippen molar-refractivity contribution >= 4 is 44.8 Å². The van der Waals surface area contributed by atoms with Gasteiger partial charge in [0, 0.05) is 40.5 Å². The van der Waals surface area contributed by atoms with E-state index in [0.29, 0.717) is 28.4 Å². The van der Waals surface area contributed by atoms with Crippen LogP contribution in [0.1, 0.15) is 52.7 Å². The number of benzene rings is 2. The molecule has 0 atom stereocenters. The van der Waals surface area contributed by atoms with Crippen molar-refractivity contribution < 1.29 is 19.2 Å². The molecule has 0 saturated heterocycles. The molecular formula is C27H27N3O5S. The van der Waals surface area contributed by atoms with Crippen LogP contribution in [0.2, 0.25) is 0 Å². The number of anilines is 1. The molecule has 4 aromatic rings. The lowest BCUT2D eigenvalue weighted by Gasteiger charge is -2.11. The van der Waals surface area contributed by atoms with Gasteiger partial charge in [-0.3, -0.25) is 14.9 Å². The molecule has 0 unspecified atom stereocenters. The number of aryl methyl sites for hydroxylation is 3. The minimum Gasteiger partial charge on any atom is -0.462 e. The first-order valence-corrected chi connectivity index (χ1v) is 12.6. The van der Waals surface area contributed by atoms with Crippen molar-refractivity contribution in [3.05, 3.63) is 80.3 Å². The van der Waals surface area contributed by atoms with Crippen LogP contribution < -0.4 is 5.32 Å². The third-order valence-electron chi connectivity index (χ3n) is 6.21. The summed E-state index contributed by atoms with van der Waals surface area (Å²) in [6.07, 6.45) is 0.901. The average molecular weight is 506 g/mol. The van der Waals surface area contributed by atoms with Crippen LogP contribution in [0.5, 0.6) is 0 Å². The number of rotatable bonds is 8. The van der Waals surface area contributed by atoms with E-state index >= 15 is 0 Å². The van der Waals surface area contributed by atoms with Crippen molar-refractivity contribution in [1.82, 2.24) is 4.57 Å². The molecule has 1 amide bonds. The molecule has 0 saturated carbocycles. The Bertz CT molecular complexity index is 1470. The first-order chi connectivity index (χ1) is 17.3. The largest absolute Gasteiger partial charge is 0.462 e. The molecule has 36 heavy (non-hydrogen) atoms. The molecule has 0 aliphatic heterocycles. The summed E-state index contributed by atoms with van der Waals surface area (Å²) < 4.78 is 7.26. The zero-order valence-electron chi connectivity index (χ0n) is 20.6. The summed E-state index contributed by atoms with van der Waals surface area (Å²) >= 11 is 1.22. The van der Waals surface area contributed by atoms with Crippen molar-refractivity contribution in [3.8, 4) is 11.1 Å². The van der Waals surface area contributed by atoms with E-state index < -0.39 is 10.9 Å². The zero-order chi connectivity index (χ0) is 26.0. The van der Waals surface area contributed by atoms with Crippen molar-refractivity contribution in [1.29, 1.82) is 0 Å². The Morgan fingerprint density at radius 2 is 1.83 bits per heavy atom. The average Bonchev–Trinajstić information content (AvgIpc) is 3.42. The monoisotopic (exact) mass is 505 g/mol. The molecule has 1 N–H and O–H groups in total. The fourth-order valence-corrected chi connectivity index (χ4v) is 5.36. The summed E-state index contributed by atoms with van der Waals surface area (Å²) in [5.41, 5.74) is 4.95. The molecule has 2 aromatic carbocycles. The predicted molar refractivity (Wildman–Crippen MR) is 142 cm³/mol. The predicted octanol–water partition coefficient (Wildman–Crippen LogP) is 6.60. The van der Waals surface area contributed by atoms with Crippen LogP contribution >= 0.6 is 11.3 Å². The number of esters is 1. The van der Waals surface area contributed by atoms with E-state index in [1.165, 1.54) is 29.0 Å². The Morgan fingerprint density at radius 1 is 1.11 bits per heavy atom. The van der Waals surface area contributed by atoms with Crippen LogP contribution in [-0.2, 0) is 17.7 Å². The van der Waals surface area contributed by atoms with Crippen LogP contribution in [0.25, 0.3) is 22.0 Å². The summed E-state index contributed by atoms with van der Waals surface area (Å²) in [5.74, 6) is -0.881. The van der Waals surface area contributed by atoms with E-state index in [0.717, 1.165) is 22.9 Å². The number of nitro groups is 1. The lowest BCUT2D eigenvalue weighted by atomic mass is 10.0. The molecule has 186 valence electrons. The van der Waals surface area contributed by atoms with Gasteiger partial charge in [0.05, 0.1) is 11.5 Å². The van der Waals surface area contributed by atoms with Crippen LogP contribution in [0.3, 0.4) is 0 Å². The summed E-state index contributed by atoms with van der Waals surface area (Å²) in [7, 11) is 0. The Kier molecular flexibility index (Phi) is 7.21. The molecular weight excluding hydrogens is 478 g/mol. The van der Waals surface area contributed by atoms with Gasteiger partial charge >= 0.3 is 5.97 Å². The van der Waals surface area contributed by atoms with Gasteiger partial charge in [-0.15, -0.1) is 11.3 Å². The molecule has 0 fully saturated rings.